The summed E-state index contributed by atoms with van der Waals surface area (Å²) in [6.45, 7) is 8.69. The van der Waals surface area contributed by atoms with Crippen molar-refractivity contribution in [1.82, 2.24) is 0 Å². The van der Waals surface area contributed by atoms with Gasteiger partial charge in [0.25, 0.3) is 0 Å². The number of hydrogen-bond donors (Lipinski definition) is 0. The Bertz CT molecular complexity index is 1040. The molecule has 1 atom stereocenters. The van der Waals surface area contributed by atoms with Crippen LogP contribution in [0.3, 0.4) is 0 Å². The van der Waals surface area contributed by atoms with E-state index >= 15 is 0 Å². The van der Waals surface area contributed by atoms with E-state index in [0.29, 0.717) is 12.5 Å². The summed E-state index contributed by atoms with van der Waals surface area (Å²) in [5.41, 5.74) is 4.25. The number of fused-ring (bicyclic) bond motifs is 1. The first kappa shape index (κ1) is 21.4. The molecular weight excluding hydrogens is 376 g/mol. The number of rotatable bonds is 7. The molecule has 1 heteroatoms. The van der Waals surface area contributed by atoms with Gasteiger partial charge in [-0.2, -0.15) is 0 Å². The van der Waals surface area contributed by atoms with Gasteiger partial charge in [0, 0.05) is 5.92 Å². The van der Waals surface area contributed by atoms with Crippen molar-refractivity contribution in [3.63, 3.8) is 0 Å². The van der Waals surface area contributed by atoms with Crippen molar-refractivity contribution < 1.29 is 4.74 Å². The monoisotopic (exact) mass is 410 g/mol. The van der Waals surface area contributed by atoms with Crippen LogP contribution >= 0.6 is 0 Å². The molecule has 3 aromatic carbocycles. The summed E-state index contributed by atoms with van der Waals surface area (Å²) in [4.78, 5) is 0. The molecule has 1 nitrogen and oxygen atoms in total. The Balaban J connectivity index is 1.45. The quantitative estimate of drug-likeness (QED) is 0.355. The Morgan fingerprint density at radius 1 is 0.903 bits per heavy atom. The van der Waals surface area contributed by atoms with E-state index in [0.717, 1.165) is 17.6 Å². The standard InChI is InChI=1S/C30H34O/c1-4-6-23-7-9-25(10-8-23)26-13-11-24(12-14-26)22(3)27-15-16-29-21-30(31-19-5-2)18-17-28(29)20-27/h4-6,11-18,20-23,25H,2,7-10,19H2,1,3H3/b6-4+. The summed E-state index contributed by atoms with van der Waals surface area (Å²) in [6.07, 6.45) is 11.6. The predicted molar refractivity (Wildman–Crippen MR) is 133 cm³/mol. The van der Waals surface area contributed by atoms with Crippen LogP contribution in [0.2, 0.25) is 0 Å². The Labute approximate surface area is 187 Å². The summed E-state index contributed by atoms with van der Waals surface area (Å²) >= 11 is 0. The lowest BCUT2D eigenvalue weighted by Crippen LogP contribution is -2.11. The molecular formula is C30H34O. The van der Waals surface area contributed by atoms with E-state index < -0.39 is 0 Å². The van der Waals surface area contributed by atoms with Crippen LogP contribution in [0.4, 0.5) is 0 Å². The number of ether oxygens (including phenoxy) is 1. The molecule has 0 bridgehead atoms. The largest absolute Gasteiger partial charge is 0.490 e. The van der Waals surface area contributed by atoms with Crippen LogP contribution in [0.25, 0.3) is 10.8 Å². The van der Waals surface area contributed by atoms with Crippen LogP contribution in [0.15, 0.2) is 85.5 Å². The van der Waals surface area contributed by atoms with Gasteiger partial charge in [-0.15, -0.1) is 0 Å². The van der Waals surface area contributed by atoms with Crippen molar-refractivity contribution in [3.05, 3.63) is 102 Å². The minimum absolute atomic E-state index is 0.376. The Morgan fingerprint density at radius 3 is 2.29 bits per heavy atom. The fourth-order valence-electron chi connectivity index (χ4n) is 4.92. The van der Waals surface area contributed by atoms with Crippen LogP contribution in [0.5, 0.6) is 5.75 Å². The van der Waals surface area contributed by atoms with Crippen LogP contribution in [0.1, 0.15) is 68.1 Å². The molecule has 0 amide bonds. The molecule has 1 unspecified atom stereocenters. The number of allylic oxidation sites excluding steroid dienone is 2. The lowest BCUT2D eigenvalue weighted by molar-refractivity contribution is 0.364. The number of hydrogen-bond acceptors (Lipinski definition) is 1. The minimum atomic E-state index is 0.376. The van der Waals surface area contributed by atoms with Gasteiger partial charge >= 0.3 is 0 Å². The molecule has 0 aromatic heterocycles. The molecule has 0 spiro atoms. The van der Waals surface area contributed by atoms with Gasteiger partial charge < -0.3 is 4.74 Å². The third kappa shape index (κ3) is 5.10. The Kier molecular flexibility index (Phi) is 6.92. The van der Waals surface area contributed by atoms with Crippen molar-refractivity contribution in [2.45, 2.75) is 51.4 Å². The molecule has 1 fully saturated rings. The molecule has 1 saturated carbocycles. The van der Waals surface area contributed by atoms with Gasteiger partial charge in [-0.1, -0.05) is 80.3 Å². The van der Waals surface area contributed by atoms with E-state index in [9.17, 15) is 0 Å². The summed E-state index contributed by atoms with van der Waals surface area (Å²) < 4.78 is 5.67. The first-order chi connectivity index (χ1) is 15.2. The highest BCUT2D eigenvalue weighted by molar-refractivity contribution is 5.84. The topological polar surface area (TPSA) is 9.23 Å². The average Bonchev–Trinajstić information content (AvgIpc) is 2.82. The summed E-state index contributed by atoms with van der Waals surface area (Å²) in [5, 5.41) is 2.46. The fraction of sp³-hybridized carbons (Fsp3) is 0.333. The van der Waals surface area contributed by atoms with Gasteiger partial charge in [0.2, 0.25) is 0 Å². The van der Waals surface area contributed by atoms with Crippen LogP contribution in [0, 0.1) is 5.92 Å². The van der Waals surface area contributed by atoms with Crippen molar-refractivity contribution in [2.75, 3.05) is 6.61 Å². The molecule has 0 heterocycles. The van der Waals surface area contributed by atoms with E-state index in [1.807, 2.05) is 6.07 Å². The number of benzene rings is 3. The zero-order chi connectivity index (χ0) is 21.6. The maximum absolute atomic E-state index is 5.67. The van der Waals surface area contributed by atoms with Gasteiger partial charge in [-0.25, -0.2) is 0 Å². The van der Waals surface area contributed by atoms with E-state index in [1.165, 1.54) is 53.1 Å². The average molecular weight is 411 g/mol. The van der Waals surface area contributed by atoms with Crippen LogP contribution in [-0.4, -0.2) is 6.61 Å². The third-order valence-electron chi connectivity index (χ3n) is 6.85. The molecule has 1 aliphatic carbocycles. The van der Waals surface area contributed by atoms with E-state index in [-0.39, 0.29) is 0 Å². The SMILES string of the molecule is C=CCOc1ccc2cc(C(C)c3ccc(C4CCC(/C=C/C)CC4)cc3)ccc2c1. The fourth-order valence-corrected chi connectivity index (χ4v) is 4.92. The first-order valence-electron chi connectivity index (χ1n) is 11.7. The Morgan fingerprint density at radius 2 is 1.58 bits per heavy atom. The molecule has 160 valence electrons. The van der Waals surface area contributed by atoms with Crippen molar-refractivity contribution in [3.8, 4) is 5.75 Å². The highest BCUT2D eigenvalue weighted by atomic mass is 16.5. The summed E-state index contributed by atoms with van der Waals surface area (Å²) in [7, 11) is 0. The predicted octanol–water partition coefficient (Wildman–Crippen LogP) is 8.41. The molecule has 0 saturated heterocycles. The van der Waals surface area contributed by atoms with Crippen LogP contribution in [-0.2, 0) is 0 Å². The van der Waals surface area contributed by atoms with Crippen molar-refractivity contribution in [2.24, 2.45) is 5.92 Å². The molecule has 3 aromatic rings. The second-order valence-corrected chi connectivity index (χ2v) is 8.89. The first-order valence-corrected chi connectivity index (χ1v) is 11.7. The minimum Gasteiger partial charge on any atom is -0.490 e. The van der Waals surface area contributed by atoms with Crippen molar-refractivity contribution in [1.29, 1.82) is 0 Å². The summed E-state index contributed by atoms with van der Waals surface area (Å²) in [6, 6.07) is 22.5. The lowest BCUT2D eigenvalue weighted by atomic mass is 9.78. The zero-order valence-corrected chi connectivity index (χ0v) is 18.9. The second kappa shape index (κ2) is 10.0. The van der Waals surface area contributed by atoms with Gasteiger partial charge in [0.1, 0.15) is 12.4 Å². The second-order valence-electron chi connectivity index (χ2n) is 8.89. The maximum Gasteiger partial charge on any atom is 0.120 e. The highest BCUT2D eigenvalue weighted by Gasteiger charge is 2.21. The molecule has 0 aliphatic heterocycles. The van der Waals surface area contributed by atoms with E-state index in [2.05, 4.69) is 87.2 Å². The molecule has 1 aliphatic rings. The zero-order valence-electron chi connectivity index (χ0n) is 18.9. The van der Waals surface area contributed by atoms with E-state index in [4.69, 9.17) is 4.74 Å². The normalized spacial score (nSPS) is 20.1. The van der Waals surface area contributed by atoms with Gasteiger partial charge in [0.15, 0.2) is 0 Å². The highest BCUT2D eigenvalue weighted by Crippen LogP contribution is 2.37. The summed E-state index contributed by atoms with van der Waals surface area (Å²) in [5.74, 6) is 2.78. The van der Waals surface area contributed by atoms with Crippen molar-refractivity contribution >= 4 is 10.8 Å². The van der Waals surface area contributed by atoms with E-state index in [1.54, 1.807) is 6.08 Å². The molecule has 31 heavy (non-hydrogen) atoms. The molecule has 0 N–H and O–H groups in total. The smallest absolute Gasteiger partial charge is 0.120 e. The van der Waals surface area contributed by atoms with Gasteiger partial charge in [-0.3, -0.25) is 0 Å². The van der Waals surface area contributed by atoms with Crippen LogP contribution < -0.4 is 4.74 Å². The molecule has 4 rings (SSSR count). The van der Waals surface area contributed by atoms with Gasteiger partial charge in [-0.05, 0) is 84.0 Å². The maximum atomic E-state index is 5.67. The Hall–Kier alpha value is -2.80. The third-order valence-corrected chi connectivity index (χ3v) is 6.85. The van der Waals surface area contributed by atoms with Gasteiger partial charge in [0.05, 0.1) is 0 Å². The lowest BCUT2D eigenvalue weighted by Gasteiger charge is -2.27. The molecule has 0 radical (unpaired) electrons.